The molecular formula is C22H33NO4. The molecule has 5 nitrogen and oxygen atoms in total. The second-order valence-electron chi connectivity index (χ2n) is 8.13. The Labute approximate surface area is 163 Å². The zero-order valence-electron chi connectivity index (χ0n) is 17.0. The van der Waals surface area contributed by atoms with Crippen molar-refractivity contribution >= 4 is 11.8 Å². The molecule has 5 heteroatoms. The Bertz CT molecular complexity index is 612. The van der Waals surface area contributed by atoms with E-state index in [1.807, 2.05) is 39.0 Å². The summed E-state index contributed by atoms with van der Waals surface area (Å²) in [5.41, 5.74) is 0.102. The van der Waals surface area contributed by atoms with E-state index in [1.165, 1.54) is 24.2 Å². The summed E-state index contributed by atoms with van der Waals surface area (Å²) in [6.07, 6.45) is 9.10. The normalized spacial score (nSPS) is 16.9. The molecule has 0 radical (unpaired) electrons. The lowest BCUT2D eigenvalue weighted by molar-refractivity contribution is 0.0595. The van der Waals surface area contributed by atoms with Crippen molar-refractivity contribution in [1.29, 1.82) is 0 Å². The van der Waals surface area contributed by atoms with Gasteiger partial charge in [-0.25, -0.2) is 4.79 Å². The van der Waals surface area contributed by atoms with Crippen molar-refractivity contribution in [3.05, 3.63) is 36.5 Å². The van der Waals surface area contributed by atoms with Gasteiger partial charge in [0.1, 0.15) is 11.4 Å². The van der Waals surface area contributed by atoms with E-state index in [9.17, 15) is 9.90 Å². The Morgan fingerprint density at radius 3 is 2.41 bits per heavy atom. The molecule has 0 aliphatic heterocycles. The molecule has 1 unspecified atom stereocenters. The highest BCUT2D eigenvalue weighted by atomic mass is 16.6. The Hall–Kier alpha value is -2.01. The van der Waals surface area contributed by atoms with Crippen LogP contribution in [0.1, 0.15) is 59.3 Å². The molecule has 1 fully saturated rings. The summed E-state index contributed by atoms with van der Waals surface area (Å²) < 4.78 is 10.7. The standard InChI is InChI=1S/C22H33NO4/c1-22(2,3)27-21(25)23(18-12-14-19(26-4)15-13-18)16-8-11-20(24)17-9-6-5-7-10-17/h8,12-17,20,24H,5-7,9-11H2,1-4H3/b16-8+. The minimum Gasteiger partial charge on any atom is -0.497 e. The molecule has 0 saturated heterocycles. The fourth-order valence-electron chi connectivity index (χ4n) is 3.32. The SMILES string of the molecule is COc1ccc(N(/C=C/CC(O)C2CCCCC2)C(=O)OC(C)(C)C)cc1. The first-order chi connectivity index (χ1) is 12.8. The molecule has 1 saturated carbocycles. The van der Waals surface area contributed by atoms with Gasteiger partial charge in [0.2, 0.25) is 0 Å². The van der Waals surface area contributed by atoms with Gasteiger partial charge in [-0.05, 0) is 70.2 Å². The van der Waals surface area contributed by atoms with Gasteiger partial charge in [-0.3, -0.25) is 4.90 Å². The molecule has 0 aromatic heterocycles. The van der Waals surface area contributed by atoms with Crippen LogP contribution in [0.15, 0.2) is 36.5 Å². The smallest absolute Gasteiger partial charge is 0.418 e. The number of ether oxygens (including phenoxy) is 2. The van der Waals surface area contributed by atoms with Crippen LogP contribution in [0.5, 0.6) is 5.75 Å². The van der Waals surface area contributed by atoms with Crippen LogP contribution in [0.3, 0.4) is 0 Å². The molecule has 1 aromatic carbocycles. The minimum absolute atomic E-state index is 0.361. The van der Waals surface area contributed by atoms with E-state index < -0.39 is 11.7 Å². The highest BCUT2D eigenvalue weighted by Crippen LogP contribution is 2.28. The first kappa shape index (κ1) is 21.3. The van der Waals surface area contributed by atoms with Crippen molar-refractivity contribution in [2.24, 2.45) is 5.92 Å². The van der Waals surface area contributed by atoms with Gasteiger partial charge in [-0.1, -0.05) is 25.3 Å². The van der Waals surface area contributed by atoms with Gasteiger partial charge in [0.15, 0.2) is 0 Å². The summed E-state index contributed by atoms with van der Waals surface area (Å²) in [7, 11) is 1.60. The third kappa shape index (κ3) is 6.90. The van der Waals surface area contributed by atoms with Gasteiger partial charge in [-0.15, -0.1) is 0 Å². The number of methoxy groups -OCH3 is 1. The zero-order chi connectivity index (χ0) is 19.9. The fourth-order valence-corrected chi connectivity index (χ4v) is 3.32. The van der Waals surface area contributed by atoms with Crippen LogP contribution in [-0.2, 0) is 4.74 Å². The highest BCUT2D eigenvalue weighted by Gasteiger charge is 2.23. The van der Waals surface area contributed by atoms with Crippen molar-refractivity contribution in [3.8, 4) is 5.75 Å². The lowest BCUT2D eigenvalue weighted by atomic mass is 9.84. The number of carbonyl (C=O) groups excluding carboxylic acids is 1. The Kier molecular flexibility index (Phi) is 7.72. The van der Waals surface area contributed by atoms with Crippen molar-refractivity contribution in [1.82, 2.24) is 0 Å². The summed E-state index contributed by atoms with van der Waals surface area (Å²) in [4.78, 5) is 14.1. The molecule has 1 atom stereocenters. The van der Waals surface area contributed by atoms with E-state index in [-0.39, 0.29) is 6.10 Å². The van der Waals surface area contributed by atoms with Gasteiger partial charge in [0.25, 0.3) is 0 Å². The first-order valence-electron chi connectivity index (χ1n) is 9.81. The van der Waals surface area contributed by atoms with E-state index in [4.69, 9.17) is 9.47 Å². The molecule has 0 spiro atoms. The second-order valence-corrected chi connectivity index (χ2v) is 8.13. The molecule has 0 bridgehead atoms. The van der Waals surface area contributed by atoms with Crippen LogP contribution in [0, 0.1) is 5.92 Å². The third-order valence-electron chi connectivity index (χ3n) is 4.77. The van der Waals surface area contributed by atoms with Crippen LogP contribution in [-0.4, -0.2) is 30.0 Å². The van der Waals surface area contributed by atoms with Gasteiger partial charge in [0, 0.05) is 6.20 Å². The number of hydrogen-bond donors (Lipinski definition) is 1. The van der Waals surface area contributed by atoms with Crippen LogP contribution in [0.2, 0.25) is 0 Å². The van der Waals surface area contributed by atoms with Crippen molar-refractivity contribution in [2.75, 3.05) is 12.0 Å². The van der Waals surface area contributed by atoms with Gasteiger partial charge in [0.05, 0.1) is 18.9 Å². The highest BCUT2D eigenvalue weighted by molar-refractivity contribution is 5.89. The van der Waals surface area contributed by atoms with E-state index >= 15 is 0 Å². The first-order valence-corrected chi connectivity index (χ1v) is 9.81. The molecule has 0 heterocycles. The maximum Gasteiger partial charge on any atom is 0.418 e. The van der Waals surface area contributed by atoms with E-state index in [0.29, 0.717) is 18.0 Å². The predicted octanol–water partition coefficient (Wildman–Crippen LogP) is 5.28. The van der Waals surface area contributed by atoms with Crippen LogP contribution >= 0.6 is 0 Å². The maximum absolute atomic E-state index is 12.6. The van der Waals surface area contributed by atoms with Crippen LogP contribution in [0.4, 0.5) is 10.5 Å². The fraction of sp³-hybridized carbons (Fsp3) is 0.591. The number of nitrogens with zero attached hydrogens (tertiary/aromatic N) is 1. The van der Waals surface area contributed by atoms with E-state index in [2.05, 4.69) is 0 Å². The summed E-state index contributed by atoms with van der Waals surface area (Å²) in [5, 5.41) is 10.4. The minimum atomic E-state index is -0.586. The van der Waals surface area contributed by atoms with Crippen molar-refractivity contribution in [3.63, 3.8) is 0 Å². The Balaban J connectivity index is 2.09. The molecule has 150 valence electrons. The molecule has 1 aliphatic rings. The Morgan fingerprint density at radius 1 is 1.22 bits per heavy atom. The maximum atomic E-state index is 12.6. The summed E-state index contributed by atoms with van der Waals surface area (Å²) in [5.74, 6) is 1.08. The van der Waals surface area contributed by atoms with Crippen LogP contribution < -0.4 is 9.64 Å². The van der Waals surface area contributed by atoms with Crippen molar-refractivity contribution in [2.45, 2.75) is 71.0 Å². The predicted molar refractivity (Wildman–Crippen MR) is 108 cm³/mol. The molecule has 1 N–H and O–H groups in total. The number of aliphatic hydroxyl groups excluding tert-OH is 1. The molecular weight excluding hydrogens is 342 g/mol. The molecule has 1 aromatic rings. The molecule has 1 amide bonds. The topological polar surface area (TPSA) is 59.0 Å². The van der Waals surface area contributed by atoms with Crippen LogP contribution in [0.25, 0.3) is 0 Å². The monoisotopic (exact) mass is 375 g/mol. The molecule has 1 aliphatic carbocycles. The lowest BCUT2D eigenvalue weighted by Gasteiger charge is -2.27. The summed E-state index contributed by atoms with van der Waals surface area (Å²) in [6.45, 7) is 5.52. The summed E-state index contributed by atoms with van der Waals surface area (Å²) >= 11 is 0. The zero-order valence-corrected chi connectivity index (χ0v) is 17.0. The number of carbonyl (C=O) groups is 1. The average molecular weight is 376 g/mol. The number of aliphatic hydroxyl groups is 1. The van der Waals surface area contributed by atoms with Gasteiger partial charge < -0.3 is 14.6 Å². The second kappa shape index (κ2) is 9.79. The molecule has 27 heavy (non-hydrogen) atoms. The Morgan fingerprint density at radius 2 is 1.85 bits per heavy atom. The third-order valence-corrected chi connectivity index (χ3v) is 4.77. The van der Waals surface area contributed by atoms with E-state index in [0.717, 1.165) is 18.6 Å². The van der Waals surface area contributed by atoms with Crippen molar-refractivity contribution < 1.29 is 19.4 Å². The number of hydrogen-bond acceptors (Lipinski definition) is 4. The largest absolute Gasteiger partial charge is 0.497 e. The van der Waals surface area contributed by atoms with Gasteiger partial charge in [-0.2, -0.15) is 0 Å². The number of rotatable bonds is 6. The summed E-state index contributed by atoms with van der Waals surface area (Å²) in [6, 6.07) is 7.23. The average Bonchev–Trinajstić information content (AvgIpc) is 2.64. The number of anilines is 1. The quantitative estimate of drug-likeness (QED) is 0.735. The molecule has 2 rings (SSSR count). The van der Waals surface area contributed by atoms with Gasteiger partial charge >= 0.3 is 6.09 Å². The number of amides is 1. The van der Waals surface area contributed by atoms with E-state index in [1.54, 1.807) is 25.4 Å². The number of benzene rings is 1. The lowest BCUT2D eigenvalue weighted by Crippen LogP contribution is -2.33.